The van der Waals surface area contributed by atoms with Gasteiger partial charge in [-0.1, -0.05) is 13.8 Å². The number of rotatable bonds is 6. The first kappa shape index (κ1) is 19.5. The van der Waals surface area contributed by atoms with Crippen LogP contribution in [0.3, 0.4) is 0 Å². The summed E-state index contributed by atoms with van der Waals surface area (Å²) in [4.78, 5) is 35.3. The lowest BCUT2D eigenvalue weighted by molar-refractivity contribution is -0.129. The first-order valence-electron chi connectivity index (χ1n) is 7.84. The minimum atomic E-state index is -0.718. The third-order valence-electron chi connectivity index (χ3n) is 3.10. The monoisotopic (exact) mass is 335 g/mol. The third kappa shape index (κ3) is 6.28. The zero-order valence-electron chi connectivity index (χ0n) is 14.7. The maximum absolute atomic E-state index is 12.1. The van der Waals surface area contributed by atoms with E-state index in [0.29, 0.717) is 11.3 Å². The van der Waals surface area contributed by atoms with Gasteiger partial charge in [-0.15, -0.1) is 0 Å². The highest BCUT2D eigenvalue weighted by atomic mass is 16.5. The highest BCUT2D eigenvalue weighted by Gasteiger charge is 2.23. The van der Waals surface area contributed by atoms with Crippen LogP contribution in [0, 0.1) is 5.92 Å². The molecule has 0 saturated carbocycles. The van der Waals surface area contributed by atoms with Gasteiger partial charge in [-0.3, -0.25) is 25.2 Å². The van der Waals surface area contributed by atoms with Crippen LogP contribution >= 0.6 is 0 Å². The summed E-state index contributed by atoms with van der Waals surface area (Å²) in [6.07, 6.45) is 0.0470. The van der Waals surface area contributed by atoms with Crippen molar-refractivity contribution < 1.29 is 19.1 Å². The molecule has 7 heteroatoms. The Morgan fingerprint density at radius 1 is 0.958 bits per heavy atom. The van der Waals surface area contributed by atoms with Crippen molar-refractivity contribution in [2.75, 3.05) is 0 Å². The molecule has 0 aromatic heterocycles. The van der Waals surface area contributed by atoms with Gasteiger partial charge in [0.1, 0.15) is 11.8 Å². The summed E-state index contributed by atoms with van der Waals surface area (Å²) in [5.41, 5.74) is 5.05. The van der Waals surface area contributed by atoms with Gasteiger partial charge < -0.3 is 10.1 Å². The molecule has 0 bridgehead atoms. The van der Waals surface area contributed by atoms with E-state index in [4.69, 9.17) is 4.74 Å². The standard InChI is InChI=1S/C17H25N3O4/c1-10(2)15(18-12(5)21)17(23)20-19-16(22)13-6-8-14(9-7-13)24-11(3)4/h6-11,15H,1-5H3,(H,18,21)(H,19,22)(H,20,23)/t15-/m1/s1. The molecule has 0 heterocycles. The lowest BCUT2D eigenvalue weighted by Crippen LogP contribution is -2.54. The number of nitrogens with one attached hydrogen (secondary N) is 3. The summed E-state index contributed by atoms with van der Waals surface area (Å²) in [5, 5.41) is 2.55. The Balaban J connectivity index is 2.61. The lowest BCUT2D eigenvalue weighted by atomic mass is 10.0. The van der Waals surface area contributed by atoms with Crippen LogP contribution in [0.15, 0.2) is 24.3 Å². The van der Waals surface area contributed by atoms with Crippen LogP contribution in [0.1, 0.15) is 45.0 Å². The maximum atomic E-state index is 12.1. The smallest absolute Gasteiger partial charge is 0.269 e. The molecule has 0 saturated heterocycles. The second-order valence-electron chi connectivity index (χ2n) is 6.06. The molecule has 0 fully saturated rings. The maximum Gasteiger partial charge on any atom is 0.269 e. The fourth-order valence-corrected chi connectivity index (χ4v) is 1.98. The van der Waals surface area contributed by atoms with E-state index in [9.17, 15) is 14.4 Å². The van der Waals surface area contributed by atoms with Crippen molar-refractivity contribution in [3.05, 3.63) is 29.8 Å². The molecule has 0 radical (unpaired) electrons. The molecule has 24 heavy (non-hydrogen) atoms. The summed E-state index contributed by atoms with van der Waals surface area (Å²) in [6, 6.07) is 5.86. The lowest BCUT2D eigenvalue weighted by Gasteiger charge is -2.21. The first-order chi connectivity index (χ1) is 11.2. The Morgan fingerprint density at radius 2 is 1.54 bits per heavy atom. The van der Waals surface area contributed by atoms with Crippen molar-refractivity contribution >= 4 is 17.7 Å². The number of hydrogen-bond donors (Lipinski definition) is 3. The normalized spacial score (nSPS) is 11.8. The van der Waals surface area contributed by atoms with E-state index in [-0.39, 0.29) is 17.9 Å². The predicted molar refractivity (Wildman–Crippen MR) is 90.3 cm³/mol. The van der Waals surface area contributed by atoms with E-state index < -0.39 is 17.9 Å². The van der Waals surface area contributed by atoms with Crippen LogP contribution in [0.2, 0.25) is 0 Å². The average molecular weight is 335 g/mol. The van der Waals surface area contributed by atoms with Crippen LogP contribution in [-0.4, -0.2) is 29.9 Å². The second-order valence-corrected chi connectivity index (χ2v) is 6.06. The number of benzene rings is 1. The SMILES string of the molecule is CC(=O)N[C@@H](C(=O)NNC(=O)c1ccc(OC(C)C)cc1)C(C)C. The van der Waals surface area contributed by atoms with E-state index in [1.807, 2.05) is 13.8 Å². The fourth-order valence-electron chi connectivity index (χ4n) is 1.98. The van der Waals surface area contributed by atoms with Gasteiger partial charge in [-0.25, -0.2) is 0 Å². The van der Waals surface area contributed by atoms with E-state index in [1.54, 1.807) is 38.1 Å². The number of amides is 3. The number of hydrazine groups is 1. The molecule has 1 rings (SSSR count). The van der Waals surface area contributed by atoms with Gasteiger partial charge in [-0.2, -0.15) is 0 Å². The average Bonchev–Trinajstić information content (AvgIpc) is 2.49. The summed E-state index contributed by atoms with van der Waals surface area (Å²) in [7, 11) is 0. The molecule has 3 N–H and O–H groups in total. The fraction of sp³-hybridized carbons (Fsp3) is 0.471. The van der Waals surface area contributed by atoms with Gasteiger partial charge in [0.05, 0.1) is 6.10 Å². The molecular formula is C17H25N3O4. The van der Waals surface area contributed by atoms with E-state index in [0.717, 1.165) is 0 Å². The van der Waals surface area contributed by atoms with Crippen LogP contribution in [0.25, 0.3) is 0 Å². The van der Waals surface area contributed by atoms with Crippen molar-refractivity contribution in [3.8, 4) is 5.75 Å². The van der Waals surface area contributed by atoms with Crippen molar-refractivity contribution in [2.45, 2.75) is 46.8 Å². The minimum Gasteiger partial charge on any atom is -0.491 e. The van der Waals surface area contributed by atoms with Crippen LogP contribution in [-0.2, 0) is 9.59 Å². The van der Waals surface area contributed by atoms with Crippen LogP contribution < -0.4 is 20.9 Å². The van der Waals surface area contributed by atoms with Crippen LogP contribution in [0.5, 0.6) is 5.75 Å². The number of carbonyl (C=O) groups is 3. The van der Waals surface area contributed by atoms with Crippen molar-refractivity contribution in [2.24, 2.45) is 5.92 Å². The first-order valence-corrected chi connectivity index (χ1v) is 7.84. The van der Waals surface area contributed by atoms with Gasteiger partial charge in [-0.05, 0) is 44.0 Å². The molecule has 0 aliphatic heterocycles. The molecule has 1 aromatic carbocycles. The van der Waals surface area contributed by atoms with Gasteiger partial charge in [0.15, 0.2) is 0 Å². The zero-order valence-corrected chi connectivity index (χ0v) is 14.7. The van der Waals surface area contributed by atoms with E-state index in [2.05, 4.69) is 16.2 Å². The Hall–Kier alpha value is -2.57. The summed E-state index contributed by atoms with van der Waals surface area (Å²) >= 11 is 0. The quantitative estimate of drug-likeness (QED) is 0.685. The van der Waals surface area contributed by atoms with Crippen LogP contribution in [0.4, 0.5) is 0 Å². The number of ether oxygens (including phenoxy) is 1. The Kier molecular flexibility index (Phi) is 7.23. The molecule has 3 amide bonds. The summed E-state index contributed by atoms with van der Waals surface area (Å²) in [6.45, 7) is 8.76. The Bertz CT molecular complexity index is 582. The molecule has 1 atom stereocenters. The topological polar surface area (TPSA) is 96.5 Å². The molecular weight excluding hydrogens is 310 g/mol. The molecule has 7 nitrogen and oxygen atoms in total. The molecule has 1 aromatic rings. The number of carbonyl (C=O) groups excluding carboxylic acids is 3. The molecule has 0 unspecified atom stereocenters. The highest BCUT2D eigenvalue weighted by molar-refractivity contribution is 5.96. The summed E-state index contributed by atoms with van der Waals surface area (Å²) < 4.78 is 5.50. The Morgan fingerprint density at radius 3 is 2.00 bits per heavy atom. The van der Waals surface area contributed by atoms with Gasteiger partial charge in [0.25, 0.3) is 11.8 Å². The van der Waals surface area contributed by atoms with E-state index >= 15 is 0 Å². The predicted octanol–water partition coefficient (Wildman–Crippen LogP) is 1.40. The van der Waals surface area contributed by atoms with E-state index in [1.165, 1.54) is 6.92 Å². The number of hydrogen-bond acceptors (Lipinski definition) is 4. The van der Waals surface area contributed by atoms with Gasteiger partial charge in [0, 0.05) is 12.5 Å². The molecule has 0 aliphatic rings. The van der Waals surface area contributed by atoms with Crippen molar-refractivity contribution in [1.82, 2.24) is 16.2 Å². The molecule has 0 spiro atoms. The van der Waals surface area contributed by atoms with Crippen molar-refractivity contribution in [1.29, 1.82) is 0 Å². The molecule has 132 valence electrons. The minimum absolute atomic E-state index is 0.0470. The second kappa shape index (κ2) is 8.90. The molecule has 0 aliphatic carbocycles. The summed E-state index contributed by atoms with van der Waals surface area (Å²) in [5.74, 6) is -0.691. The zero-order chi connectivity index (χ0) is 18.3. The van der Waals surface area contributed by atoms with Crippen molar-refractivity contribution in [3.63, 3.8) is 0 Å². The highest BCUT2D eigenvalue weighted by Crippen LogP contribution is 2.13. The van der Waals surface area contributed by atoms with Gasteiger partial charge >= 0.3 is 0 Å². The largest absolute Gasteiger partial charge is 0.491 e. The third-order valence-corrected chi connectivity index (χ3v) is 3.10. The Labute approximate surface area is 142 Å². The van der Waals surface area contributed by atoms with Gasteiger partial charge in [0.2, 0.25) is 5.91 Å².